The van der Waals surface area contributed by atoms with Gasteiger partial charge < -0.3 is 14.8 Å². The van der Waals surface area contributed by atoms with Crippen molar-refractivity contribution in [3.05, 3.63) is 34.4 Å². The Morgan fingerprint density at radius 2 is 2.05 bits per heavy atom. The molecule has 0 bridgehead atoms. The minimum absolute atomic E-state index is 0.0127. The van der Waals surface area contributed by atoms with Crippen LogP contribution >= 0.6 is 0 Å². The number of esters is 1. The summed E-state index contributed by atoms with van der Waals surface area (Å²) in [5.74, 6) is -1.15. The standard InChI is InChI=1S/C13H16N2O6/c1-3-20-12(16)8-14-13(17)9(2)21-11-7-5-4-6-10(11)15(18)19/h4-7,9H,3,8H2,1-2H3,(H,14,17). The first-order valence-corrected chi connectivity index (χ1v) is 6.29. The highest BCUT2D eigenvalue weighted by molar-refractivity contribution is 5.85. The van der Waals surface area contributed by atoms with Crippen LogP contribution < -0.4 is 10.1 Å². The van der Waals surface area contributed by atoms with Crippen molar-refractivity contribution in [3.8, 4) is 5.75 Å². The molecule has 0 fully saturated rings. The number of hydrogen-bond donors (Lipinski definition) is 1. The molecule has 0 spiro atoms. The highest BCUT2D eigenvalue weighted by Gasteiger charge is 2.20. The van der Waals surface area contributed by atoms with Crippen molar-refractivity contribution in [2.45, 2.75) is 20.0 Å². The van der Waals surface area contributed by atoms with Gasteiger partial charge in [0.05, 0.1) is 11.5 Å². The van der Waals surface area contributed by atoms with E-state index in [0.717, 1.165) is 0 Å². The Balaban J connectivity index is 2.60. The Morgan fingerprint density at radius 3 is 2.67 bits per heavy atom. The number of nitro groups is 1. The number of carbonyl (C=O) groups excluding carboxylic acids is 2. The Hall–Kier alpha value is -2.64. The average Bonchev–Trinajstić information content (AvgIpc) is 2.45. The van der Waals surface area contributed by atoms with Gasteiger partial charge in [-0.1, -0.05) is 12.1 Å². The quantitative estimate of drug-likeness (QED) is 0.457. The van der Waals surface area contributed by atoms with Crippen LogP contribution in [0.15, 0.2) is 24.3 Å². The molecular weight excluding hydrogens is 280 g/mol. The maximum Gasteiger partial charge on any atom is 0.325 e. The molecular formula is C13H16N2O6. The van der Waals surface area contributed by atoms with E-state index in [2.05, 4.69) is 10.1 Å². The van der Waals surface area contributed by atoms with Gasteiger partial charge in [-0.2, -0.15) is 0 Å². The molecule has 114 valence electrons. The summed E-state index contributed by atoms with van der Waals surface area (Å²) in [6, 6.07) is 5.73. The summed E-state index contributed by atoms with van der Waals surface area (Å²) in [4.78, 5) is 33.1. The maximum atomic E-state index is 11.7. The van der Waals surface area contributed by atoms with Crippen LogP contribution in [0.5, 0.6) is 5.75 Å². The molecule has 1 aromatic rings. The number of ether oxygens (including phenoxy) is 2. The molecule has 0 aliphatic heterocycles. The summed E-state index contributed by atoms with van der Waals surface area (Å²) in [7, 11) is 0. The Morgan fingerprint density at radius 1 is 1.38 bits per heavy atom. The fraction of sp³-hybridized carbons (Fsp3) is 0.385. The molecule has 0 aliphatic rings. The van der Waals surface area contributed by atoms with Crippen molar-refractivity contribution < 1.29 is 24.0 Å². The highest BCUT2D eigenvalue weighted by atomic mass is 16.6. The molecule has 0 aromatic heterocycles. The first kappa shape index (κ1) is 16.4. The van der Waals surface area contributed by atoms with Gasteiger partial charge >= 0.3 is 11.7 Å². The van der Waals surface area contributed by atoms with Gasteiger partial charge in [-0.3, -0.25) is 19.7 Å². The minimum Gasteiger partial charge on any atom is -0.474 e. The van der Waals surface area contributed by atoms with Gasteiger partial charge in [-0.15, -0.1) is 0 Å². The Bertz CT molecular complexity index is 531. The van der Waals surface area contributed by atoms with Gasteiger partial charge in [0, 0.05) is 6.07 Å². The second-order valence-electron chi connectivity index (χ2n) is 4.01. The normalized spacial score (nSPS) is 11.3. The van der Waals surface area contributed by atoms with E-state index in [4.69, 9.17) is 4.74 Å². The summed E-state index contributed by atoms with van der Waals surface area (Å²) < 4.78 is 9.91. The lowest BCUT2D eigenvalue weighted by atomic mass is 10.3. The smallest absolute Gasteiger partial charge is 0.325 e. The zero-order valence-corrected chi connectivity index (χ0v) is 11.7. The Labute approximate surface area is 121 Å². The summed E-state index contributed by atoms with van der Waals surface area (Å²) in [6.45, 7) is 3.02. The maximum absolute atomic E-state index is 11.7. The van der Waals surface area contributed by atoms with Crippen molar-refractivity contribution in [2.24, 2.45) is 0 Å². The van der Waals surface area contributed by atoms with Crippen molar-refractivity contribution >= 4 is 17.6 Å². The molecule has 0 saturated heterocycles. The summed E-state index contributed by atoms with van der Waals surface area (Å²) >= 11 is 0. The van der Waals surface area contributed by atoms with E-state index in [9.17, 15) is 19.7 Å². The highest BCUT2D eigenvalue weighted by Crippen LogP contribution is 2.26. The van der Waals surface area contributed by atoms with Crippen LogP contribution in [0.1, 0.15) is 13.8 Å². The lowest BCUT2D eigenvalue weighted by molar-refractivity contribution is -0.386. The zero-order valence-electron chi connectivity index (χ0n) is 11.7. The van der Waals surface area contributed by atoms with Gasteiger partial charge in [-0.05, 0) is 19.9 Å². The van der Waals surface area contributed by atoms with Gasteiger partial charge in [-0.25, -0.2) is 0 Å². The summed E-state index contributed by atoms with van der Waals surface area (Å²) in [5, 5.41) is 13.2. The molecule has 1 amide bonds. The van der Waals surface area contributed by atoms with Gasteiger partial charge in [0.1, 0.15) is 6.54 Å². The topological polar surface area (TPSA) is 108 Å². The molecule has 1 atom stereocenters. The third-order valence-corrected chi connectivity index (χ3v) is 2.45. The van der Waals surface area contributed by atoms with E-state index in [1.807, 2.05) is 0 Å². The molecule has 1 N–H and O–H groups in total. The van der Waals surface area contributed by atoms with Gasteiger partial charge in [0.25, 0.3) is 5.91 Å². The first-order chi connectivity index (χ1) is 9.95. The van der Waals surface area contributed by atoms with Crippen LogP contribution in [0.2, 0.25) is 0 Å². The molecule has 21 heavy (non-hydrogen) atoms. The van der Waals surface area contributed by atoms with Crippen molar-refractivity contribution in [3.63, 3.8) is 0 Å². The summed E-state index contributed by atoms with van der Waals surface area (Å²) in [5.41, 5.74) is -0.234. The number of benzene rings is 1. The number of rotatable bonds is 7. The second kappa shape index (κ2) is 7.83. The third kappa shape index (κ3) is 5.09. The summed E-state index contributed by atoms with van der Waals surface area (Å²) in [6.07, 6.45) is -0.986. The molecule has 0 heterocycles. The number of amides is 1. The number of carbonyl (C=O) groups is 2. The number of nitrogens with one attached hydrogen (secondary N) is 1. The van der Waals surface area contributed by atoms with Gasteiger partial charge in [0.15, 0.2) is 11.9 Å². The monoisotopic (exact) mass is 296 g/mol. The largest absolute Gasteiger partial charge is 0.474 e. The molecule has 8 heteroatoms. The third-order valence-electron chi connectivity index (χ3n) is 2.45. The van der Waals surface area contributed by atoms with Crippen LogP contribution in [0.25, 0.3) is 0 Å². The number of para-hydroxylation sites is 2. The fourth-order valence-electron chi connectivity index (χ4n) is 1.47. The number of nitrogens with zero attached hydrogens (tertiary/aromatic N) is 1. The molecule has 8 nitrogen and oxygen atoms in total. The van der Waals surface area contributed by atoms with E-state index in [1.165, 1.54) is 25.1 Å². The molecule has 1 unspecified atom stereocenters. The van der Waals surface area contributed by atoms with Crippen LogP contribution in [-0.2, 0) is 14.3 Å². The van der Waals surface area contributed by atoms with Crippen LogP contribution in [0, 0.1) is 10.1 Å². The van der Waals surface area contributed by atoms with Crippen molar-refractivity contribution in [1.29, 1.82) is 0 Å². The number of nitro benzene ring substituents is 1. The van der Waals surface area contributed by atoms with Gasteiger partial charge in [0.2, 0.25) is 0 Å². The zero-order chi connectivity index (χ0) is 15.8. The minimum atomic E-state index is -0.986. The molecule has 0 aliphatic carbocycles. The predicted molar refractivity (Wildman–Crippen MR) is 72.8 cm³/mol. The van der Waals surface area contributed by atoms with E-state index in [-0.39, 0.29) is 24.6 Å². The Kier molecular flexibility index (Phi) is 6.12. The van der Waals surface area contributed by atoms with Crippen molar-refractivity contribution in [1.82, 2.24) is 5.32 Å². The fourth-order valence-corrected chi connectivity index (χ4v) is 1.47. The predicted octanol–water partition coefficient (Wildman–Crippen LogP) is 1.04. The molecule has 0 saturated carbocycles. The average molecular weight is 296 g/mol. The van der Waals surface area contributed by atoms with E-state index in [0.29, 0.717) is 0 Å². The molecule has 1 rings (SSSR count). The van der Waals surface area contributed by atoms with E-state index < -0.39 is 22.9 Å². The SMILES string of the molecule is CCOC(=O)CNC(=O)C(C)Oc1ccccc1[N+](=O)[O-]. The molecule has 1 aromatic carbocycles. The van der Waals surface area contributed by atoms with Crippen LogP contribution in [-0.4, -0.2) is 36.1 Å². The lowest BCUT2D eigenvalue weighted by Crippen LogP contribution is -2.39. The van der Waals surface area contributed by atoms with E-state index >= 15 is 0 Å². The second-order valence-corrected chi connectivity index (χ2v) is 4.01. The first-order valence-electron chi connectivity index (χ1n) is 6.29. The molecule has 0 radical (unpaired) electrons. The lowest BCUT2D eigenvalue weighted by Gasteiger charge is -2.14. The number of hydrogen-bond acceptors (Lipinski definition) is 6. The van der Waals surface area contributed by atoms with Crippen LogP contribution in [0.3, 0.4) is 0 Å². The van der Waals surface area contributed by atoms with Crippen LogP contribution in [0.4, 0.5) is 5.69 Å². The van der Waals surface area contributed by atoms with Crippen molar-refractivity contribution in [2.75, 3.05) is 13.2 Å². The van der Waals surface area contributed by atoms with E-state index in [1.54, 1.807) is 13.0 Å².